The van der Waals surface area contributed by atoms with E-state index in [9.17, 15) is 0 Å². The van der Waals surface area contributed by atoms with Crippen LogP contribution >= 0.6 is 0 Å². The summed E-state index contributed by atoms with van der Waals surface area (Å²) in [5.74, 6) is 3.15. The van der Waals surface area contributed by atoms with E-state index in [1.807, 2.05) is 42.5 Å². The normalized spacial score (nSPS) is 9.65. The first-order valence-electron chi connectivity index (χ1n) is 5.26. The van der Waals surface area contributed by atoms with Gasteiger partial charge in [0, 0.05) is 0 Å². The molecular formula is C15H13NO. The monoisotopic (exact) mass is 223 g/mol. The van der Waals surface area contributed by atoms with Gasteiger partial charge in [-0.05, 0) is 23.3 Å². The van der Waals surface area contributed by atoms with Gasteiger partial charge in [-0.3, -0.25) is 0 Å². The van der Waals surface area contributed by atoms with E-state index in [0.717, 1.165) is 11.1 Å². The van der Waals surface area contributed by atoms with Crippen molar-refractivity contribution in [3.05, 3.63) is 48.0 Å². The van der Waals surface area contributed by atoms with Gasteiger partial charge in [0.2, 0.25) is 0 Å². The molecule has 0 aliphatic heterocycles. The lowest BCUT2D eigenvalue weighted by Gasteiger charge is -2.10. The number of hydrogen-bond acceptors (Lipinski definition) is 2. The third kappa shape index (κ3) is 2.09. The lowest BCUT2D eigenvalue weighted by atomic mass is 10.0. The Labute approximate surface area is 101 Å². The first-order chi connectivity index (χ1) is 8.26. The van der Waals surface area contributed by atoms with E-state index in [1.54, 1.807) is 7.11 Å². The molecule has 2 rings (SSSR count). The lowest BCUT2D eigenvalue weighted by Crippen LogP contribution is -1.96. The Kier molecular flexibility index (Phi) is 3.02. The SMILES string of the molecule is C#Cc1cc(-c2ccccc2)cc(N)c1OC. The van der Waals surface area contributed by atoms with Crippen molar-refractivity contribution in [3.8, 4) is 29.2 Å². The molecule has 0 bridgehead atoms. The maximum Gasteiger partial charge on any atom is 0.157 e. The average molecular weight is 223 g/mol. The first-order valence-corrected chi connectivity index (χ1v) is 5.26. The van der Waals surface area contributed by atoms with E-state index in [4.69, 9.17) is 16.9 Å². The number of nitrogen functional groups attached to an aromatic ring is 1. The van der Waals surface area contributed by atoms with E-state index in [1.165, 1.54) is 0 Å². The van der Waals surface area contributed by atoms with Gasteiger partial charge in [0.1, 0.15) is 0 Å². The van der Waals surface area contributed by atoms with E-state index in [2.05, 4.69) is 5.92 Å². The van der Waals surface area contributed by atoms with Gasteiger partial charge >= 0.3 is 0 Å². The van der Waals surface area contributed by atoms with Crippen LogP contribution < -0.4 is 10.5 Å². The molecule has 2 heteroatoms. The highest BCUT2D eigenvalue weighted by molar-refractivity contribution is 5.75. The molecule has 2 nitrogen and oxygen atoms in total. The predicted octanol–water partition coefficient (Wildman–Crippen LogP) is 2.93. The van der Waals surface area contributed by atoms with Crippen LogP contribution in [0.1, 0.15) is 5.56 Å². The van der Waals surface area contributed by atoms with Crippen LogP contribution in [-0.4, -0.2) is 7.11 Å². The molecule has 84 valence electrons. The molecule has 0 aliphatic rings. The largest absolute Gasteiger partial charge is 0.493 e. The molecule has 0 aromatic heterocycles. The van der Waals surface area contributed by atoms with Crippen molar-refractivity contribution >= 4 is 5.69 Å². The van der Waals surface area contributed by atoms with Gasteiger partial charge in [-0.15, -0.1) is 6.42 Å². The number of nitrogens with two attached hydrogens (primary N) is 1. The zero-order valence-electron chi connectivity index (χ0n) is 9.60. The molecule has 0 aliphatic carbocycles. The van der Waals surface area contributed by atoms with Crippen LogP contribution in [0.2, 0.25) is 0 Å². The van der Waals surface area contributed by atoms with E-state index in [-0.39, 0.29) is 0 Å². The summed E-state index contributed by atoms with van der Waals surface area (Å²) in [6.45, 7) is 0. The average Bonchev–Trinajstić information content (AvgIpc) is 2.38. The van der Waals surface area contributed by atoms with Crippen molar-refractivity contribution in [1.29, 1.82) is 0 Å². The van der Waals surface area contributed by atoms with Gasteiger partial charge in [0.15, 0.2) is 5.75 Å². The van der Waals surface area contributed by atoms with Gasteiger partial charge in [-0.25, -0.2) is 0 Å². The Balaban J connectivity index is 2.60. The fourth-order valence-electron chi connectivity index (χ4n) is 1.78. The number of hydrogen-bond donors (Lipinski definition) is 1. The molecular weight excluding hydrogens is 210 g/mol. The minimum absolute atomic E-state index is 0.557. The highest BCUT2D eigenvalue weighted by atomic mass is 16.5. The standard InChI is InChI=1S/C15H13NO/c1-3-11-9-13(10-14(16)15(11)17-2)12-7-5-4-6-8-12/h1,4-10H,16H2,2H3. The summed E-state index contributed by atoms with van der Waals surface area (Å²) in [5.41, 5.74) is 9.23. The summed E-state index contributed by atoms with van der Waals surface area (Å²) in [6.07, 6.45) is 5.46. The zero-order valence-corrected chi connectivity index (χ0v) is 9.60. The number of rotatable bonds is 2. The van der Waals surface area contributed by atoms with E-state index < -0.39 is 0 Å². The van der Waals surface area contributed by atoms with Crippen LogP contribution in [0.15, 0.2) is 42.5 Å². The molecule has 0 unspecified atom stereocenters. The van der Waals surface area contributed by atoms with Crippen molar-refractivity contribution in [2.45, 2.75) is 0 Å². The maximum absolute atomic E-state index is 5.93. The van der Waals surface area contributed by atoms with Crippen molar-refractivity contribution in [1.82, 2.24) is 0 Å². The molecule has 0 spiro atoms. The molecule has 17 heavy (non-hydrogen) atoms. The van der Waals surface area contributed by atoms with Gasteiger partial charge in [0.05, 0.1) is 18.4 Å². The van der Waals surface area contributed by atoms with Gasteiger partial charge in [0.25, 0.3) is 0 Å². The molecule has 0 saturated carbocycles. The Morgan fingerprint density at radius 1 is 1.12 bits per heavy atom. The first kappa shape index (κ1) is 11.1. The highest BCUT2D eigenvalue weighted by Gasteiger charge is 2.08. The van der Waals surface area contributed by atoms with Crippen molar-refractivity contribution < 1.29 is 4.74 Å². The minimum Gasteiger partial charge on any atom is -0.493 e. The Morgan fingerprint density at radius 2 is 1.82 bits per heavy atom. The van der Waals surface area contributed by atoms with Gasteiger partial charge < -0.3 is 10.5 Å². The summed E-state index contributed by atoms with van der Waals surface area (Å²) in [4.78, 5) is 0. The van der Waals surface area contributed by atoms with E-state index in [0.29, 0.717) is 17.0 Å². The van der Waals surface area contributed by atoms with Crippen LogP contribution in [0, 0.1) is 12.3 Å². The zero-order chi connectivity index (χ0) is 12.3. The van der Waals surface area contributed by atoms with Crippen molar-refractivity contribution in [2.24, 2.45) is 0 Å². The van der Waals surface area contributed by atoms with Crippen LogP contribution in [-0.2, 0) is 0 Å². The summed E-state index contributed by atoms with van der Waals surface area (Å²) in [7, 11) is 1.56. The Morgan fingerprint density at radius 3 is 2.41 bits per heavy atom. The second kappa shape index (κ2) is 4.63. The second-order valence-electron chi connectivity index (χ2n) is 3.66. The predicted molar refractivity (Wildman–Crippen MR) is 70.8 cm³/mol. The van der Waals surface area contributed by atoms with Crippen LogP contribution in [0.25, 0.3) is 11.1 Å². The number of terminal acetylenes is 1. The fourth-order valence-corrected chi connectivity index (χ4v) is 1.78. The Bertz CT molecular complexity index is 567. The topological polar surface area (TPSA) is 35.2 Å². The molecule has 2 aromatic rings. The van der Waals surface area contributed by atoms with E-state index >= 15 is 0 Å². The molecule has 0 saturated heterocycles. The van der Waals surface area contributed by atoms with Crippen molar-refractivity contribution in [3.63, 3.8) is 0 Å². The third-order valence-corrected chi connectivity index (χ3v) is 2.58. The van der Waals surface area contributed by atoms with Crippen LogP contribution in [0.4, 0.5) is 5.69 Å². The number of methoxy groups -OCH3 is 1. The molecule has 2 N–H and O–H groups in total. The van der Waals surface area contributed by atoms with Gasteiger partial charge in [-0.2, -0.15) is 0 Å². The third-order valence-electron chi connectivity index (χ3n) is 2.58. The van der Waals surface area contributed by atoms with Crippen LogP contribution in [0.3, 0.4) is 0 Å². The highest BCUT2D eigenvalue weighted by Crippen LogP contribution is 2.32. The van der Waals surface area contributed by atoms with Crippen LogP contribution in [0.5, 0.6) is 5.75 Å². The molecule has 0 atom stereocenters. The molecule has 0 fully saturated rings. The molecule has 0 heterocycles. The quantitative estimate of drug-likeness (QED) is 0.627. The second-order valence-corrected chi connectivity index (χ2v) is 3.66. The number of ether oxygens (including phenoxy) is 1. The molecule has 0 radical (unpaired) electrons. The lowest BCUT2D eigenvalue weighted by molar-refractivity contribution is 0.416. The summed E-state index contributed by atoms with van der Waals surface area (Å²) in [6, 6.07) is 13.7. The fraction of sp³-hybridized carbons (Fsp3) is 0.0667. The molecule has 2 aromatic carbocycles. The smallest absolute Gasteiger partial charge is 0.157 e. The number of benzene rings is 2. The Hall–Kier alpha value is -2.40. The summed E-state index contributed by atoms with van der Waals surface area (Å²) >= 11 is 0. The summed E-state index contributed by atoms with van der Waals surface area (Å²) in [5, 5.41) is 0. The van der Waals surface area contributed by atoms with Crippen molar-refractivity contribution in [2.75, 3.05) is 12.8 Å². The number of anilines is 1. The maximum atomic E-state index is 5.93. The van der Waals surface area contributed by atoms with Gasteiger partial charge in [-0.1, -0.05) is 36.3 Å². The summed E-state index contributed by atoms with van der Waals surface area (Å²) < 4.78 is 5.19. The minimum atomic E-state index is 0.557. The molecule has 0 amide bonds.